The normalized spacial score (nSPS) is 10.6. The summed E-state index contributed by atoms with van der Waals surface area (Å²) in [6.07, 6.45) is 4.97. The quantitative estimate of drug-likeness (QED) is 0.771. The third-order valence-electron chi connectivity index (χ3n) is 2.68. The summed E-state index contributed by atoms with van der Waals surface area (Å²) in [5, 5.41) is 7.60. The fraction of sp³-hybridized carbons (Fsp3) is 0.357. The molecule has 0 spiro atoms. The SMILES string of the molecule is CCCNCc1ccc(Cn2cccn2)cc1. The molecule has 0 aliphatic carbocycles. The van der Waals surface area contributed by atoms with Crippen molar-refractivity contribution in [2.45, 2.75) is 26.4 Å². The van der Waals surface area contributed by atoms with Crippen LogP contribution in [0.3, 0.4) is 0 Å². The lowest BCUT2D eigenvalue weighted by Gasteiger charge is -2.05. The monoisotopic (exact) mass is 229 g/mol. The maximum Gasteiger partial charge on any atom is 0.0659 e. The molecular formula is C14H19N3. The lowest BCUT2D eigenvalue weighted by atomic mass is 10.1. The van der Waals surface area contributed by atoms with E-state index in [0.29, 0.717) is 0 Å². The summed E-state index contributed by atoms with van der Waals surface area (Å²) in [6.45, 7) is 5.06. The number of hydrogen-bond donors (Lipinski definition) is 1. The van der Waals surface area contributed by atoms with E-state index in [1.807, 2.05) is 23.1 Å². The average Bonchev–Trinajstić information content (AvgIpc) is 2.85. The summed E-state index contributed by atoms with van der Waals surface area (Å²) in [4.78, 5) is 0. The van der Waals surface area contributed by atoms with Gasteiger partial charge in [0.25, 0.3) is 0 Å². The van der Waals surface area contributed by atoms with Gasteiger partial charge in [-0.25, -0.2) is 0 Å². The molecule has 0 unspecified atom stereocenters. The second-order valence-electron chi connectivity index (χ2n) is 4.20. The molecule has 1 aromatic heterocycles. The minimum absolute atomic E-state index is 0.843. The lowest BCUT2D eigenvalue weighted by Crippen LogP contribution is -2.13. The Hall–Kier alpha value is -1.61. The maximum absolute atomic E-state index is 4.20. The maximum atomic E-state index is 4.20. The van der Waals surface area contributed by atoms with Crippen molar-refractivity contribution in [2.24, 2.45) is 0 Å². The lowest BCUT2D eigenvalue weighted by molar-refractivity contribution is 0.672. The van der Waals surface area contributed by atoms with Crippen molar-refractivity contribution in [3.05, 3.63) is 53.9 Å². The van der Waals surface area contributed by atoms with Crippen LogP contribution in [0.4, 0.5) is 0 Å². The summed E-state index contributed by atoms with van der Waals surface area (Å²) in [5.74, 6) is 0. The molecule has 0 amide bonds. The number of rotatable bonds is 6. The van der Waals surface area contributed by atoms with Crippen molar-refractivity contribution in [3.63, 3.8) is 0 Å². The third-order valence-corrected chi connectivity index (χ3v) is 2.68. The smallest absolute Gasteiger partial charge is 0.0659 e. The van der Waals surface area contributed by atoms with Crippen LogP contribution in [0.25, 0.3) is 0 Å². The molecule has 1 N–H and O–H groups in total. The van der Waals surface area contributed by atoms with Crippen molar-refractivity contribution < 1.29 is 0 Å². The summed E-state index contributed by atoms with van der Waals surface area (Å²) in [6, 6.07) is 10.7. The Kier molecular flexibility index (Phi) is 4.33. The summed E-state index contributed by atoms with van der Waals surface area (Å²) in [7, 11) is 0. The summed E-state index contributed by atoms with van der Waals surface area (Å²) in [5.41, 5.74) is 2.62. The molecule has 0 aliphatic heterocycles. The van der Waals surface area contributed by atoms with Gasteiger partial charge in [0.2, 0.25) is 0 Å². The molecule has 2 rings (SSSR count). The van der Waals surface area contributed by atoms with Crippen LogP contribution in [-0.2, 0) is 13.1 Å². The highest BCUT2D eigenvalue weighted by Gasteiger charge is 1.96. The molecular weight excluding hydrogens is 210 g/mol. The molecule has 0 atom stereocenters. The first kappa shape index (κ1) is 11.9. The molecule has 0 fully saturated rings. The molecule has 1 aromatic carbocycles. The Morgan fingerprint density at radius 2 is 1.94 bits per heavy atom. The molecule has 0 radical (unpaired) electrons. The molecule has 3 heteroatoms. The van der Waals surface area contributed by atoms with Gasteiger partial charge in [0.1, 0.15) is 0 Å². The standard InChI is InChI=1S/C14H19N3/c1-2-8-15-11-13-4-6-14(7-5-13)12-17-10-3-9-16-17/h3-7,9-10,15H,2,8,11-12H2,1H3. The fourth-order valence-electron chi connectivity index (χ4n) is 1.75. The third kappa shape index (κ3) is 3.71. The molecule has 1 heterocycles. The van der Waals surface area contributed by atoms with Gasteiger partial charge in [-0.2, -0.15) is 5.10 Å². The Morgan fingerprint density at radius 3 is 2.59 bits per heavy atom. The zero-order valence-electron chi connectivity index (χ0n) is 10.3. The van der Waals surface area contributed by atoms with E-state index < -0.39 is 0 Å². The summed E-state index contributed by atoms with van der Waals surface area (Å²) >= 11 is 0. The zero-order valence-corrected chi connectivity index (χ0v) is 10.3. The molecule has 0 bridgehead atoms. The minimum Gasteiger partial charge on any atom is -0.313 e. The van der Waals surface area contributed by atoms with E-state index in [9.17, 15) is 0 Å². The van der Waals surface area contributed by atoms with E-state index in [0.717, 1.165) is 19.6 Å². The van der Waals surface area contributed by atoms with Gasteiger partial charge in [-0.1, -0.05) is 31.2 Å². The van der Waals surface area contributed by atoms with Gasteiger partial charge in [0.05, 0.1) is 6.54 Å². The first-order valence-corrected chi connectivity index (χ1v) is 6.14. The van der Waals surface area contributed by atoms with Gasteiger partial charge in [0.15, 0.2) is 0 Å². The number of nitrogens with one attached hydrogen (secondary N) is 1. The Morgan fingerprint density at radius 1 is 1.18 bits per heavy atom. The van der Waals surface area contributed by atoms with Crippen molar-refractivity contribution in [1.29, 1.82) is 0 Å². The summed E-state index contributed by atoms with van der Waals surface area (Å²) < 4.78 is 1.93. The molecule has 90 valence electrons. The zero-order chi connectivity index (χ0) is 11.9. The van der Waals surface area contributed by atoms with E-state index in [1.54, 1.807) is 0 Å². The fourth-order valence-corrected chi connectivity index (χ4v) is 1.75. The Labute approximate surface area is 102 Å². The predicted molar refractivity (Wildman–Crippen MR) is 69.8 cm³/mol. The Bertz CT molecular complexity index is 417. The Balaban J connectivity index is 1.89. The van der Waals surface area contributed by atoms with E-state index in [-0.39, 0.29) is 0 Å². The number of nitrogens with zero attached hydrogens (tertiary/aromatic N) is 2. The number of hydrogen-bond acceptors (Lipinski definition) is 2. The van der Waals surface area contributed by atoms with E-state index in [1.165, 1.54) is 17.5 Å². The molecule has 2 aromatic rings. The van der Waals surface area contributed by atoms with Crippen LogP contribution in [-0.4, -0.2) is 16.3 Å². The average molecular weight is 229 g/mol. The highest BCUT2D eigenvalue weighted by Crippen LogP contribution is 2.05. The first-order chi connectivity index (χ1) is 8.38. The number of benzene rings is 1. The van der Waals surface area contributed by atoms with Gasteiger partial charge < -0.3 is 5.32 Å². The molecule has 3 nitrogen and oxygen atoms in total. The van der Waals surface area contributed by atoms with Crippen LogP contribution < -0.4 is 5.32 Å². The van der Waals surface area contributed by atoms with Crippen LogP contribution in [0, 0.1) is 0 Å². The van der Waals surface area contributed by atoms with Crippen molar-refractivity contribution in [2.75, 3.05) is 6.54 Å². The van der Waals surface area contributed by atoms with E-state index in [4.69, 9.17) is 0 Å². The van der Waals surface area contributed by atoms with Crippen LogP contribution >= 0.6 is 0 Å². The predicted octanol–water partition coefficient (Wildman–Crippen LogP) is 2.43. The van der Waals surface area contributed by atoms with Crippen LogP contribution in [0.15, 0.2) is 42.7 Å². The van der Waals surface area contributed by atoms with Gasteiger partial charge in [-0.15, -0.1) is 0 Å². The first-order valence-electron chi connectivity index (χ1n) is 6.14. The highest BCUT2D eigenvalue weighted by atomic mass is 15.3. The molecule has 0 saturated carbocycles. The van der Waals surface area contributed by atoms with E-state index >= 15 is 0 Å². The van der Waals surface area contributed by atoms with Crippen LogP contribution in [0.1, 0.15) is 24.5 Å². The molecule has 0 saturated heterocycles. The van der Waals surface area contributed by atoms with Crippen molar-refractivity contribution >= 4 is 0 Å². The van der Waals surface area contributed by atoms with Gasteiger partial charge in [0, 0.05) is 18.9 Å². The van der Waals surface area contributed by atoms with Crippen LogP contribution in [0.5, 0.6) is 0 Å². The second-order valence-corrected chi connectivity index (χ2v) is 4.20. The van der Waals surface area contributed by atoms with Gasteiger partial charge in [-0.05, 0) is 30.2 Å². The van der Waals surface area contributed by atoms with Gasteiger partial charge >= 0.3 is 0 Å². The molecule has 17 heavy (non-hydrogen) atoms. The van der Waals surface area contributed by atoms with Gasteiger partial charge in [-0.3, -0.25) is 4.68 Å². The highest BCUT2D eigenvalue weighted by molar-refractivity contribution is 5.22. The largest absolute Gasteiger partial charge is 0.313 e. The van der Waals surface area contributed by atoms with Crippen molar-refractivity contribution in [1.82, 2.24) is 15.1 Å². The van der Waals surface area contributed by atoms with Crippen LogP contribution in [0.2, 0.25) is 0 Å². The van der Waals surface area contributed by atoms with E-state index in [2.05, 4.69) is 41.6 Å². The molecule has 0 aliphatic rings. The topological polar surface area (TPSA) is 29.9 Å². The van der Waals surface area contributed by atoms with Crippen molar-refractivity contribution in [3.8, 4) is 0 Å². The minimum atomic E-state index is 0.843. The number of aromatic nitrogens is 2. The second kappa shape index (κ2) is 6.21.